The second-order valence-corrected chi connectivity index (χ2v) is 12.1. The number of aliphatic hydroxyl groups excluding tert-OH is 3. The highest BCUT2D eigenvalue weighted by Gasteiger charge is 1.98. The fourth-order valence-corrected chi connectivity index (χ4v) is 4.70. The standard InChI is InChI=1S/C18H36O2.C16H30O2.C3H8O3/c1-2-3-4-5-6-7-8-9-10-11-12-13-14-15-16-17-18(19)20;1-2-3-4-5-6-7-8-9-10-11-12-13-14-15-16(17)18;4-1-3(6)2-5/h2-17H2,1H3,(H,19,20);7-8H,2-6,9-15H2,1H3,(H,17,18);3-6H,1-2H2. The van der Waals surface area contributed by atoms with Crippen LogP contribution in [-0.2, 0) is 9.59 Å². The van der Waals surface area contributed by atoms with Crippen LogP contribution in [0.3, 0.4) is 0 Å². The molecule has 0 heterocycles. The summed E-state index contributed by atoms with van der Waals surface area (Å²) in [7, 11) is 0. The molecule has 0 radical (unpaired) electrons. The molecule has 0 unspecified atom stereocenters. The van der Waals surface area contributed by atoms with Crippen LogP contribution in [0, 0.1) is 0 Å². The van der Waals surface area contributed by atoms with Gasteiger partial charge in [0.15, 0.2) is 0 Å². The SMILES string of the molecule is CCCCCCC=CCCCCCCCC(=O)O.CCCCCCCCCCCCCCCCCC(=O)O.OCC(O)CO. The lowest BCUT2D eigenvalue weighted by Gasteiger charge is -2.03. The van der Waals surface area contributed by atoms with Crippen molar-refractivity contribution in [1.82, 2.24) is 0 Å². The minimum absolute atomic E-state index is 0.331. The average molecular weight is 631 g/mol. The summed E-state index contributed by atoms with van der Waals surface area (Å²) in [5, 5.41) is 41.0. The van der Waals surface area contributed by atoms with E-state index in [9.17, 15) is 9.59 Å². The zero-order valence-electron chi connectivity index (χ0n) is 29.0. The molecule has 44 heavy (non-hydrogen) atoms. The summed E-state index contributed by atoms with van der Waals surface area (Å²) in [6.45, 7) is 3.78. The molecule has 7 nitrogen and oxygen atoms in total. The molecule has 0 saturated carbocycles. The Morgan fingerprint density at radius 3 is 0.955 bits per heavy atom. The molecule has 264 valence electrons. The molecule has 0 aliphatic heterocycles. The highest BCUT2D eigenvalue weighted by molar-refractivity contribution is 5.66. The van der Waals surface area contributed by atoms with Crippen LogP contribution in [0.4, 0.5) is 0 Å². The Morgan fingerprint density at radius 2 is 0.705 bits per heavy atom. The van der Waals surface area contributed by atoms with Gasteiger partial charge in [0.05, 0.1) is 13.2 Å². The van der Waals surface area contributed by atoms with Gasteiger partial charge in [0.2, 0.25) is 0 Å². The Morgan fingerprint density at radius 1 is 0.455 bits per heavy atom. The number of rotatable bonds is 31. The van der Waals surface area contributed by atoms with Gasteiger partial charge >= 0.3 is 11.9 Å². The molecule has 0 rings (SSSR count). The van der Waals surface area contributed by atoms with Gasteiger partial charge in [-0.05, 0) is 38.5 Å². The second kappa shape index (κ2) is 43.7. The van der Waals surface area contributed by atoms with Crippen LogP contribution in [-0.4, -0.2) is 56.8 Å². The highest BCUT2D eigenvalue weighted by Crippen LogP contribution is 2.14. The molecule has 0 aromatic carbocycles. The maximum atomic E-state index is 10.3. The molecule has 0 fully saturated rings. The van der Waals surface area contributed by atoms with Crippen molar-refractivity contribution in [1.29, 1.82) is 0 Å². The van der Waals surface area contributed by atoms with Crippen LogP contribution in [0.15, 0.2) is 12.2 Å². The largest absolute Gasteiger partial charge is 0.481 e. The molecule has 0 aromatic rings. The van der Waals surface area contributed by atoms with Gasteiger partial charge in [-0.1, -0.05) is 154 Å². The van der Waals surface area contributed by atoms with Crippen LogP contribution in [0.1, 0.15) is 194 Å². The summed E-state index contributed by atoms with van der Waals surface area (Å²) in [5.74, 6) is -1.32. The molecule has 7 heteroatoms. The van der Waals surface area contributed by atoms with Crippen LogP contribution >= 0.6 is 0 Å². The number of carboxylic acid groups (broad SMARTS) is 2. The van der Waals surface area contributed by atoms with Gasteiger partial charge in [0.25, 0.3) is 0 Å². The Labute approximate surface area is 271 Å². The predicted molar refractivity (Wildman–Crippen MR) is 185 cm³/mol. The van der Waals surface area contributed by atoms with E-state index in [-0.39, 0.29) is 13.2 Å². The molecular weight excluding hydrogens is 556 g/mol. The monoisotopic (exact) mass is 631 g/mol. The fourth-order valence-electron chi connectivity index (χ4n) is 4.70. The van der Waals surface area contributed by atoms with Gasteiger partial charge in [0, 0.05) is 12.8 Å². The van der Waals surface area contributed by atoms with Crippen LogP contribution < -0.4 is 0 Å². The van der Waals surface area contributed by atoms with Crippen molar-refractivity contribution in [3.63, 3.8) is 0 Å². The van der Waals surface area contributed by atoms with E-state index in [4.69, 9.17) is 25.5 Å². The lowest BCUT2D eigenvalue weighted by Crippen LogP contribution is -2.15. The molecule has 0 bridgehead atoms. The molecule has 0 spiro atoms. The Bertz CT molecular complexity index is 576. The van der Waals surface area contributed by atoms with Gasteiger partial charge in [-0.2, -0.15) is 0 Å². The smallest absolute Gasteiger partial charge is 0.303 e. The van der Waals surface area contributed by atoms with Gasteiger partial charge < -0.3 is 25.5 Å². The first-order valence-electron chi connectivity index (χ1n) is 18.3. The van der Waals surface area contributed by atoms with Crippen molar-refractivity contribution < 1.29 is 35.1 Å². The van der Waals surface area contributed by atoms with Crippen molar-refractivity contribution in [2.24, 2.45) is 0 Å². The van der Waals surface area contributed by atoms with Gasteiger partial charge in [-0.15, -0.1) is 0 Å². The summed E-state index contributed by atoms with van der Waals surface area (Å²) in [6.07, 6.45) is 37.6. The minimum atomic E-state index is -0.954. The third kappa shape index (κ3) is 53.1. The average Bonchev–Trinajstić information content (AvgIpc) is 3.01. The zero-order chi connectivity index (χ0) is 33.4. The predicted octanol–water partition coefficient (Wildman–Crippen LogP) is 9.99. The lowest BCUT2D eigenvalue weighted by molar-refractivity contribution is -0.138. The number of hydrogen-bond donors (Lipinski definition) is 5. The summed E-state index contributed by atoms with van der Waals surface area (Å²) >= 11 is 0. The summed E-state index contributed by atoms with van der Waals surface area (Å²) < 4.78 is 0. The molecule has 0 aliphatic rings. The van der Waals surface area contributed by atoms with E-state index in [0.29, 0.717) is 12.8 Å². The van der Waals surface area contributed by atoms with Crippen LogP contribution in [0.25, 0.3) is 0 Å². The Hall–Kier alpha value is -1.44. The van der Waals surface area contributed by atoms with Crippen LogP contribution in [0.2, 0.25) is 0 Å². The first-order valence-corrected chi connectivity index (χ1v) is 18.3. The fraction of sp³-hybridized carbons (Fsp3) is 0.892. The highest BCUT2D eigenvalue weighted by atomic mass is 16.4. The number of carboxylic acids is 2. The van der Waals surface area contributed by atoms with Crippen molar-refractivity contribution in [3.8, 4) is 0 Å². The number of unbranched alkanes of at least 4 members (excludes halogenated alkanes) is 23. The van der Waals surface area contributed by atoms with E-state index in [2.05, 4.69) is 26.0 Å². The topological polar surface area (TPSA) is 135 Å². The van der Waals surface area contributed by atoms with Gasteiger partial charge in [-0.25, -0.2) is 0 Å². The third-order valence-electron chi connectivity index (χ3n) is 7.57. The van der Waals surface area contributed by atoms with Gasteiger partial charge in [0.1, 0.15) is 6.10 Å². The van der Waals surface area contributed by atoms with Crippen molar-refractivity contribution in [2.75, 3.05) is 13.2 Å². The van der Waals surface area contributed by atoms with Gasteiger partial charge in [-0.3, -0.25) is 9.59 Å². The number of hydrogen-bond acceptors (Lipinski definition) is 5. The van der Waals surface area contributed by atoms with Crippen molar-refractivity contribution >= 4 is 11.9 Å². The summed E-state index contributed by atoms with van der Waals surface area (Å²) in [6, 6.07) is 0. The summed E-state index contributed by atoms with van der Waals surface area (Å²) in [4.78, 5) is 20.6. The quantitative estimate of drug-likeness (QED) is 0.0380. The zero-order valence-corrected chi connectivity index (χ0v) is 29.0. The number of aliphatic hydroxyl groups is 3. The molecule has 5 N–H and O–H groups in total. The molecule has 0 amide bonds. The molecular formula is C37H74O7. The number of carbonyl (C=O) groups is 2. The molecule has 0 saturated heterocycles. The Balaban J connectivity index is -0.000000647. The molecule has 0 aliphatic carbocycles. The van der Waals surface area contributed by atoms with E-state index in [1.807, 2.05) is 0 Å². The van der Waals surface area contributed by atoms with Crippen molar-refractivity contribution in [3.05, 3.63) is 12.2 Å². The number of aliphatic carboxylic acids is 2. The van der Waals surface area contributed by atoms with Crippen LogP contribution in [0.5, 0.6) is 0 Å². The molecule has 0 aromatic heterocycles. The van der Waals surface area contributed by atoms with E-state index in [0.717, 1.165) is 25.7 Å². The first-order chi connectivity index (χ1) is 21.3. The number of allylic oxidation sites excluding steroid dienone is 2. The maximum absolute atomic E-state index is 10.3. The second-order valence-electron chi connectivity index (χ2n) is 12.1. The Kier molecular flexibility index (Phi) is 46.6. The third-order valence-corrected chi connectivity index (χ3v) is 7.57. The molecule has 0 atom stereocenters. The normalized spacial score (nSPS) is 10.9. The van der Waals surface area contributed by atoms with E-state index in [1.165, 1.54) is 141 Å². The van der Waals surface area contributed by atoms with E-state index < -0.39 is 18.0 Å². The lowest BCUT2D eigenvalue weighted by atomic mass is 10.0. The van der Waals surface area contributed by atoms with Crippen molar-refractivity contribution in [2.45, 2.75) is 200 Å². The minimum Gasteiger partial charge on any atom is -0.481 e. The summed E-state index contributed by atoms with van der Waals surface area (Å²) in [5.41, 5.74) is 0. The first kappa shape index (κ1) is 47.0. The van der Waals surface area contributed by atoms with E-state index in [1.54, 1.807) is 0 Å². The maximum Gasteiger partial charge on any atom is 0.303 e. The van der Waals surface area contributed by atoms with E-state index >= 15 is 0 Å².